The first-order valence-electron chi connectivity index (χ1n) is 10.3. The lowest BCUT2D eigenvalue weighted by atomic mass is 9.96. The summed E-state index contributed by atoms with van der Waals surface area (Å²) in [7, 11) is 1.62. The number of rotatable bonds is 5. The molecule has 4 rings (SSSR count). The fourth-order valence-corrected chi connectivity index (χ4v) is 3.83. The van der Waals surface area contributed by atoms with Gasteiger partial charge in [-0.1, -0.05) is 0 Å². The summed E-state index contributed by atoms with van der Waals surface area (Å²) in [5.41, 5.74) is 1.99. The summed E-state index contributed by atoms with van der Waals surface area (Å²) in [6.07, 6.45) is 1.57. The number of ether oxygens (including phenoxy) is 1. The summed E-state index contributed by atoms with van der Waals surface area (Å²) in [6.45, 7) is 1.73. The molecule has 0 atom stereocenters. The highest BCUT2D eigenvalue weighted by atomic mass is 19.1. The van der Waals surface area contributed by atoms with Crippen LogP contribution < -0.4 is 10.3 Å². The highest BCUT2D eigenvalue weighted by Crippen LogP contribution is 2.22. The highest BCUT2D eigenvalue weighted by Gasteiger charge is 2.24. The molecule has 0 saturated carbocycles. The van der Waals surface area contributed by atoms with Gasteiger partial charge in [0.25, 0.3) is 11.5 Å². The van der Waals surface area contributed by atoms with E-state index in [9.17, 15) is 14.0 Å². The smallest absolute Gasteiger partial charge is 0.266 e. The second kappa shape index (κ2) is 9.12. The number of hydrogen-bond donors (Lipinski definition) is 0. The molecule has 7 heteroatoms. The van der Waals surface area contributed by atoms with E-state index in [-0.39, 0.29) is 23.2 Å². The van der Waals surface area contributed by atoms with Crippen molar-refractivity contribution in [1.82, 2.24) is 14.7 Å². The third kappa shape index (κ3) is 4.82. The van der Waals surface area contributed by atoms with Crippen LogP contribution in [-0.4, -0.2) is 40.8 Å². The molecule has 0 radical (unpaired) electrons. The first kappa shape index (κ1) is 20.8. The summed E-state index contributed by atoms with van der Waals surface area (Å²) in [4.78, 5) is 26.7. The van der Waals surface area contributed by atoms with E-state index in [0.717, 1.165) is 29.8 Å². The van der Waals surface area contributed by atoms with Crippen LogP contribution in [0.4, 0.5) is 4.39 Å². The molecule has 0 aliphatic carbocycles. The molecule has 2 heterocycles. The van der Waals surface area contributed by atoms with Gasteiger partial charge in [-0.15, -0.1) is 0 Å². The van der Waals surface area contributed by atoms with E-state index in [2.05, 4.69) is 5.10 Å². The number of halogens is 1. The average Bonchev–Trinajstić information content (AvgIpc) is 2.81. The van der Waals surface area contributed by atoms with Crippen LogP contribution in [0.1, 0.15) is 23.2 Å². The number of benzene rings is 2. The summed E-state index contributed by atoms with van der Waals surface area (Å²) < 4.78 is 19.8. The lowest BCUT2D eigenvalue weighted by Gasteiger charge is -2.32. The molecule has 0 unspecified atom stereocenters. The van der Waals surface area contributed by atoms with Crippen LogP contribution in [0.3, 0.4) is 0 Å². The molecule has 31 heavy (non-hydrogen) atoms. The number of likely N-dealkylation sites (tertiary alicyclic amines) is 1. The van der Waals surface area contributed by atoms with Gasteiger partial charge in [-0.05, 0) is 73.4 Å². The second-order valence-corrected chi connectivity index (χ2v) is 7.71. The molecule has 2 aromatic carbocycles. The monoisotopic (exact) mass is 421 g/mol. The Kier molecular flexibility index (Phi) is 6.11. The minimum atomic E-state index is -0.356. The predicted molar refractivity (Wildman–Crippen MR) is 116 cm³/mol. The zero-order chi connectivity index (χ0) is 21.8. The van der Waals surface area contributed by atoms with Gasteiger partial charge in [0.2, 0.25) is 0 Å². The number of carbonyl (C=O) groups excluding carboxylic acids is 1. The van der Waals surface area contributed by atoms with Gasteiger partial charge in [0.05, 0.1) is 12.8 Å². The maximum atomic E-state index is 13.1. The highest BCUT2D eigenvalue weighted by molar-refractivity contribution is 5.94. The molecule has 1 aliphatic heterocycles. The van der Waals surface area contributed by atoms with Crippen LogP contribution in [0.5, 0.6) is 5.75 Å². The number of aromatic nitrogens is 2. The quantitative estimate of drug-likeness (QED) is 0.631. The zero-order valence-electron chi connectivity index (χ0n) is 17.3. The Hall–Kier alpha value is -3.48. The number of hydrogen-bond acceptors (Lipinski definition) is 4. The summed E-state index contributed by atoms with van der Waals surface area (Å²) in [5.74, 6) is 0.577. The lowest BCUT2D eigenvalue weighted by Crippen LogP contribution is -2.40. The average molecular weight is 421 g/mol. The maximum absolute atomic E-state index is 13.1. The van der Waals surface area contributed by atoms with Gasteiger partial charge in [0.15, 0.2) is 0 Å². The summed E-state index contributed by atoms with van der Waals surface area (Å²) >= 11 is 0. The largest absolute Gasteiger partial charge is 0.497 e. The van der Waals surface area contributed by atoms with Gasteiger partial charge in [-0.2, -0.15) is 5.10 Å². The molecular weight excluding hydrogens is 397 g/mol. The Bertz CT molecular complexity index is 1100. The fraction of sp³-hybridized carbons (Fsp3) is 0.292. The van der Waals surface area contributed by atoms with E-state index >= 15 is 0 Å². The Labute approximate surface area is 179 Å². The molecule has 0 N–H and O–H groups in total. The van der Waals surface area contributed by atoms with Crippen molar-refractivity contribution in [3.63, 3.8) is 0 Å². The molecular formula is C24H24FN3O3. The van der Waals surface area contributed by atoms with Crippen LogP contribution in [0.25, 0.3) is 11.3 Å². The van der Waals surface area contributed by atoms with Gasteiger partial charge >= 0.3 is 0 Å². The molecule has 1 amide bonds. The number of piperidine rings is 1. The van der Waals surface area contributed by atoms with E-state index < -0.39 is 0 Å². The van der Waals surface area contributed by atoms with Crippen LogP contribution in [-0.2, 0) is 6.54 Å². The topological polar surface area (TPSA) is 64.4 Å². The molecule has 1 saturated heterocycles. The van der Waals surface area contributed by atoms with Gasteiger partial charge in [-0.3, -0.25) is 9.59 Å². The first-order valence-corrected chi connectivity index (χ1v) is 10.3. The van der Waals surface area contributed by atoms with E-state index in [1.807, 2.05) is 24.3 Å². The Morgan fingerprint density at radius 1 is 1.03 bits per heavy atom. The molecule has 6 nitrogen and oxygen atoms in total. The zero-order valence-corrected chi connectivity index (χ0v) is 17.3. The molecule has 3 aromatic rings. The van der Waals surface area contributed by atoms with E-state index in [4.69, 9.17) is 4.74 Å². The predicted octanol–water partition coefficient (Wildman–Crippen LogP) is 3.61. The van der Waals surface area contributed by atoms with Crippen molar-refractivity contribution in [3.05, 3.63) is 82.4 Å². The van der Waals surface area contributed by atoms with Crippen molar-refractivity contribution in [1.29, 1.82) is 0 Å². The lowest BCUT2D eigenvalue weighted by molar-refractivity contribution is 0.0680. The van der Waals surface area contributed by atoms with Crippen molar-refractivity contribution in [2.24, 2.45) is 5.92 Å². The van der Waals surface area contributed by atoms with E-state index in [1.54, 1.807) is 24.1 Å². The van der Waals surface area contributed by atoms with Crippen LogP contribution in [0.15, 0.2) is 65.5 Å². The number of methoxy groups -OCH3 is 1. The van der Waals surface area contributed by atoms with Gasteiger partial charge in [0, 0.05) is 36.8 Å². The summed E-state index contributed by atoms with van der Waals surface area (Å²) in [5, 5.41) is 4.55. The maximum Gasteiger partial charge on any atom is 0.266 e. The van der Waals surface area contributed by atoms with Crippen molar-refractivity contribution >= 4 is 5.91 Å². The van der Waals surface area contributed by atoms with Crippen molar-refractivity contribution < 1.29 is 13.9 Å². The number of amides is 1. The van der Waals surface area contributed by atoms with Gasteiger partial charge in [-0.25, -0.2) is 9.07 Å². The number of carbonyl (C=O) groups is 1. The van der Waals surface area contributed by atoms with Crippen LogP contribution in [0, 0.1) is 11.7 Å². The Morgan fingerprint density at radius 3 is 2.35 bits per heavy atom. The van der Waals surface area contributed by atoms with Crippen LogP contribution in [0.2, 0.25) is 0 Å². The van der Waals surface area contributed by atoms with E-state index in [0.29, 0.717) is 25.2 Å². The third-order valence-electron chi connectivity index (χ3n) is 5.68. The van der Waals surface area contributed by atoms with Crippen LogP contribution >= 0.6 is 0 Å². The van der Waals surface area contributed by atoms with Crippen molar-refractivity contribution in [2.45, 2.75) is 19.4 Å². The second-order valence-electron chi connectivity index (χ2n) is 7.71. The minimum Gasteiger partial charge on any atom is -0.497 e. The Morgan fingerprint density at radius 2 is 1.71 bits per heavy atom. The third-order valence-corrected chi connectivity index (χ3v) is 5.68. The SMILES string of the molecule is COc1ccc(-c2ccc(=O)n(CC3CCN(C(=O)c4ccc(F)cc4)CC3)n2)cc1. The standard InChI is InChI=1S/C24H24FN3O3/c1-31-21-8-4-18(5-9-21)22-10-11-23(29)28(26-22)16-17-12-14-27(15-13-17)24(30)19-2-6-20(25)7-3-19/h2-11,17H,12-16H2,1H3. The normalized spacial score (nSPS) is 14.5. The van der Waals surface area contributed by atoms with Gasteiger partial charge in [0.1, 0.15) is 11.6 Å². The van der Waals surface area contributed by atoms with Gasteiger partial charge < -0.3 is 9.64 Å². The molecule has 160 valence electrons. The summed E-state index contributed by atoms with van der Waals surface area (Å²) in [6, 6.07) is 16.4. The van der Waals surface area contributed by atoms with Crippen molar-refractivity contribution in [3.8, 4) is 17.0 Å². The Balaban J connectivity index is 1.40. The fourth-order valence-electron chi connectivity index (χ4n) is 3.83. The molecule has 1 aromatic heterocycles. The van der Waals surface area contributed by atoms with E-state index in [1.165, 1.54) is 28.9 Å². The molecule has 0 spiro atoms. The molecule has 1 fully saturated rings. The number of nitrogens with zero attached hydrogens (tertiary/aromatic N) is 3. The molecule has 1 aliphatic rings. The first-order chi connectivity index (χ1) is 15.0. The minimum absolute atomic E-state index is 0.0877. The van der Waals surface area contributed by atoms with Crippen molar-refractivity contribution in [2.75, 3.05) is 20.2 Å². The molecule has 0 bridgehead atoms.